The third-order valence-corrected chi connectivity index (χ3v) is 6.23. The summed E-state index contributed by atoms with van der Waals surface area (Å²) in [5, 5.41) is 2.84. The van der Waals surface area contributed by atoms with Crippen molar-refractivity contribution in [2.75, 3.05) is 13.2 Å². The number of ketones is 1. The van der Waals surface area contributed by atoms with Crippen molar-refractivity contribution in [3.05, 3.63) is 64.7 Å². The molecule has 2 aliphatic heterocycles. The van der Waals surface area contributed by atoms with Gasteiger partial charge in [-0.25, -0.2) is 4.79 Å². The Balaban J connectivity index is 1.41. The van der Waals surface area contributed by atoms with Crippen LogP contribution < -0.4 is 10.1 Å². The number of imide groups is 1. The number of amides is 3. The van der Waals surface area contributed by atoms with Gasteiger partial charge >= 0.3 is 6.03 Å². The minimum atomic E-state index is -1.15. The monoisotopic (exact) mass is 390 g/mol. The Morgan fingerprint density at radius 3 is 2.72 bits per heavy atom. The van der Waals surface area contributed by atoms with Crippen molar-refractivity contribution in [2.24, 2.45) is 0 Å². The van der Waals surface area contributed by atoms with Gasteiger partial charge < -0.3 is 10.1 Å². The van der Waals surface area contributed by atoms with E-state index >= 15 is 0 Å². The molecule has 148 valence electrons. The molecule has 1 atom stereocenters. The molecule has 1 N–H and O–H groups in total. The van der Waals surface area contributed by atoms with Gasteiger partial charge in [0.05, 0.1) is 13.2 Å². The Kier molecular flexibility index (Phi) is 4.15. The topological polar surface area (TPSA) is 75.7 Å². The van der Waals surface area contributed by atoms with Crippen molar-refractivity contribution in [2.45, 2.75) is 37.6 Å². The van der Waals surface area contributed by atoms with E-state index in [1.165, 1.54) is 17.5 Å². The van der Waals surface area contributed by atoms with Gasteiger partial charge in [0, 0.05) is 17.5 Å². The summed E-state index contributed by atoms with van der Waals surface area (Å²) < 4.78 is 5.64. The fourth-order valence-corrected chi connectivity index (χ4v) is 4.66. The van der Waals surface area contributed by atoms with Gasteiger partial charge in [0.1, 0.15) is 5.75 Å². The smallest absolute Gasteiger partial charge is 0.325 e. The normalized spacial score (nSPS) is 22.7. The first-order valence-corrected chi connectivity index (χ1v) is 10.1. The third kappa shape index (κ3) is 2.82. The second-order valence-electron chi connectivity index (χ2n) is 7.94. The number of rotatable bonds is 3. The maximum absolute atomic E-state index is 13.3. The number of benzene rings is 2. The molecule has 0 saturated carbocycles. The number of fused-ring (bicyclic) bond motifs is 3. The lowest BCUT2D eigenvalue weighted by atomic mass is 9.84. The highest BCUT2D eigenvalue weighted by Gasteiger charge is 2.55. The van der Waals surface area contributed by atoms with Gasteiger partial charge in [-0.15, -0.1) is 0 Å². The van der Waals surface area contributed by atoms with Crippen LogP contribution in [-0.2, 0) is 23.2 Å². The highest BCUT2D eigenvalue weighted by atomic mass is 16.5. The zero-order chi connectivity index (χ0) is 20.0. The fraction of sp³-hybridized carbons (Fsp3) is 0.348. The van der Waals surface area contributed by atoms with Gasteiger partial charge in [0.2, 0.25) is 0 Å². The number of para-hydroxylation sites is 1. The molecule has 3 amide bonds. The van der Waals surface area contributed by atoms with Crippen LogP contribution >= 0.6 is 0 Å². The molecule has 6 nitrogen and oxygen atoms in total. The molecule has 1 saturated heterocycles. The quantitative estimate of drug-likeness (QED) is 0.646. The van der Waals surface area contributed by atoms with Crippen molar-refractivity contribution in [1.29, 1.82) is 0 Å². The zero-order valence-corrected chi connectivity index (χ0v) is 16.1. The van der Waals surface area contributed by atoms with Crippen LogP contribution in [0.2, 0.25) is 0 Å². The molecule has 0 radical (unpaired) electrons. The highest BCUT2D eigenvalue weighted by molar-refractivity contribution is 6.11. The maximum atomic E-state index is 13.3. The molecule has 1 aliphatic carbocycles. The maximum Gasteiger partial charge on any atom is 0.325 e. The zero-order valence-electron chi connectivity index (χ0n) is 16.1. The number of urea groups is 1. The number of carbonyl (C=O) groups is 3. The van der Waals surface area contributed by atoms with E-state index in [1.807, 2.05) is 30.3 Å². The van der Waals surface area contributed by atoms with E-state index in [1.54, 1.807) is 12.1 Å². The van der Waals surface area contributed by atoms with E-state index in [9.17, 15) is 14.4 Å². The van der Waals surface area contributed by atoms with Gasteiger partial charge in [-0.3, -0.25) is 14.5 Å². The molecule has 0 aromatic heterocycles. The average molecular weight is 390 g/mol. The number of carbonyl (C=O) groups excluding carboxylic acids is 3. The summed E-state index contributed by atoms with van der Waals surface area (Å²) in [7, 11) is 0. The van der Waals surface area contributed by atoms with E-state index in [0.29, 0.717) is 29.9 Å². The van der Waals surface area contributed by atoms with E-state index in [-0.39, 0.29) is 18.2 Å². The van der Waals surface area contributed by atoms with Crippen LogP contribution in [0.4, 0.5) is 4.79 Å². The summed E-state index contributed by atoms with van der Waals surface area (Å²) >= 11 is 0. The molecule has 6 heteroatoms. The molecule has 2 aromatic carbocycles. The number of ether oxygens (including phenoxy) is 1. The van der Waals surface area contributed by atoms with Crippen molar-refractivity contribution < 1.29 is 19.1 Å². The third-order valence-electron chi connectivity index (χ3n) is 6.23. The summed E-state index contributed by atoms with van der Waals surface area (Å²) in [5.74, 6) is -0.0147. The van der Waals surface area contributed by atoms with Crippen molar-refractivity contribution in [3.63, 3.8) is 0 Å². The molecular weight excluding hydrogens is 368 g/mol. The number of nitrogens with one attached hydrogen (secondary N) is 1. The summed E-state index contributed by atoms with van der Waals surface area (Å²) in [5.41, 5.74) is 2.55. The summed E-state index contributed by atoms with van der Waals surface area (Å²) in [6, 6.07) is 12.4. The van der Waals surface area contributed by atoms with Gasteiger partial charge in [-0.2, -0.15) is 0 Å². The minimum Gasteiger partial charge on any atom is -0.493 e. The van der Waals surface area contributed by atoms with Gasteiger partial charge in [0.15, 0.2) is 11.3 Å². The number of Topliss-reactive ketones (excluding diaryl/α,β-unsaturated/α-hetero) is 1. The second kappa shape index (κ2) is 6.72. The Morgan fingerprint density at radius 2 is 1.86 bits per heavy atom. The molecule has 2 aromatic rings. The summed E-state index contributed by atoms with van der Waals surface area (Å²) in [6.45, 7) is 0.0733. The lowest BCUT2D eigenvalue weighted by Crippen LogP contribution is -2.47. The lowest BCUT2D eigenvalue weighted by molar-refractivity contribution is -0.132. The first kappa shape index (κ1) is 17.9. The van der Waals surface area contributed by atoms with E-state index in [2.05, 4.69) is 5.32 Å². The largest absolute Gasteiger partial charge is 0.493 e. The summed E-state index contributed by atoms with van der Waals surface area (Å²) in [6.07, 6.45) is 4.66. The van der Waals surface area contributed by atoms with Crippen LogP contribution in [0.15, 0.2) is 42.5 Å². The number of hydrogen-bond donors (Lipinski definition) is 1. The van der Waals surface area contributed by atoms with Gasteiger partial charge in [-0.05, 0) is 48.9 Å². The second-order valence-corrected chi connectivity index (χ2v) is 7.94. The van der Waals surface area contributed by atoms with Crippen LogP contribution in [0.25, 0.3) is 0 Å². The first-order chi connectivity index (χ1) is 14.1. The van der Waals surface area contributed by atoms with Crippen LogP contribution in [0, 0.1) is 0 Å². The Labute approximate surface area is 168 Å². The van der Waals surface area contributed by atoms with Gasteiger partial charge in [-0.1, -0.05) is 30.3 Å². The SMILES string of the molecule is O=C(CN1C(=O)N[C@]2(CCOc3ccccc32)C1=O)c1ccc2c(c1)CCCC2. The molecule has 2 heterocycles. The molecule has 3 aliphatic rings. The molecule has 29 heavy (non-hydrogen) atoms. The number of nitrogens with zero attached hydrogens (tertiary/aromatic N) is 1. The average Bonchev–Trinajstić information content (AvgIpc) is 2.98. The molecular formula is C23H22N2O4. The van der Waals surface area contributed by atoms with E-state index in [0.717, 1.165) is 24.2 Å². The van der Waals surface area contributed by atoms with Crippen molar-refractivity contribution in [3.8, 4) is 5.75 Å². The van der Waals surface area contributed by atoms with Crippen LogP contribution in [0.5, 0.6) is 5.75 Å². The van der Waals surface area contributed by atoms with Crippen molar-refractivity contribution >= 4 is 17.7 Å². The highest BCUT2D eigenvalue weighted by Crippen LogP contribution is 2.41. The molecule has 5 rings (SSSR count). The van der Waals surface area contributed by atoms with E-state index < -0.39 is 11.6 Å². The molecule has 1 spiro atoms. The molecule has 0 unspecified atom stereocenters. The van der Waals surface area contributed by atoms with E-state index in [4.69, 9.17) is 4.74 Å². The van der Waals surface area contributed by atoms with Gasteiger partial charge in [0.25, 0.3) is 5.91 Å². The fourth-order valence-electron chi connectivity index (χ4n) is 4.66. The molecule has 1 fully saturated rings. The lowest BCUT2D eigenvalue weighted by Gasteiger charge is -2.33. The first-order valence-electron chi connectivity index (χ1n) is 10.1. The predicted molar refractivity (Wildman–Crippen MR) is 106 cm³/mol. The summed E-state index contributed by atoms with van der Waals surface area (Å²) in [4.78, 5) is 39.9. The van der Waals surface area contributed by atoms with Crippen LogP contribution in [0.3, 0.4) is 0 Å². The van der Waals surface area contributed by atoms with Crippen molar-refractivity contribution in [1.82, 2.24) is 10.2 Å². The van der Waals surface area contributed by atoms with Crippen LogP contribution in [-0.4, -0.2) is 35.8 Å². The minimum absolute atomic E-state index is 0.223. The number of hydrogen-bond acceptors (Lipinski definition) is 4. The number of aryl methyl sites for hydroxylation is 2. The Hall–Kier alpha value is -3.15. The Bertz CT molecular complexity index is 1030. The predicted octanol–water partition coefficient (Wildman–Crippen LogP) is 2.98. The molecule has 0 bridgehead atoms. The van der Waals surface area contributed by atoms with Crippen LogP contribution in [0.1, 0.15) is 46.3 Å². The standard InChI is InChI=1S/C23H22N2O4/c26-19(17-10-9-15-5-1-2-6-16(15)13-17)14-25-21(27)23(24-22(25)28)11-12-29-20-8-4-3-7-18(20)23/h3-4,7-10,13H,1-2,5-6,11-12,14H2,(H,24,28)/t23-/m0/s1. The Morgan fingerprint density at radius 1 is 1.07 bits per heavy atom.